The summed E-state index contributed by atoms with van der Waals surface area (Å²) in [7, 11) is 0. The van der Waals surface area contributed by atoms with Crippen molar-refractivity contribution in [3.8, 4) is 0 Å². The van der Waals surface area contributed by atoms with E-state index in [4.69, 9.17) is 0 Å². The van der Waals surface area contributed by atoms with Gasteiger partial charge in [-0.1, -0.05) is 56.2 Å². The van der Waals surface area contributed by atoms with Crippen molar-refractivity contribution in [1.82, 2.24) is 20.6 Å². The van der Waals surface area contributed by atoms with Crippen molar-refractivity contribution in [2.24, 2.45) is 0 Å². The molecule has 2 amide bonds. The van der Waals surface area contributed by atoms with Gasteiger partial charge in [0.2, 0.25) is 0 Å². The normalized spacial score (nSPS) is 11.0. The maximum absolute atomic E-state index is 13.6. The van der Waals surface area contributed by atoms with Gasteiger partial charge in [0.1, 0.15) is 5.82 Å². The van der Waals surface area contributed by atoms with Crippen LogP contribution in [0.15, 0.2) is 59.4 Å². The Hall–Kier alpha value is -3.81. The molecule has 0 bridgehead atoms. The highest BCUT2D eigenvalue weighted by Crippen LogP contribution is 2.13. The van der Waals surface area contributed by atoms with E-state index in [1.807, 2.05) is 0 Å². The predicted molar refractivity (Wildman–Crippen MR) is 117 cm³/mol. The molecule has 0 saturated carbocycles. The standard InChI is InChI=1S/C23H23FN4O3/c1-2-3-8-15-28-23(31)18-11-6-5-10-17(18)21(27-28)22(30)26-25-20(29)14-13-16-9-4-7-12-19(16)24/h4-7,9-14H,2-3,8,15H2,1H3,(H,25,29)(H,26,30)/b14-13+. The third kappa shape index (κ3) is 5.42. The van der Waals surface area contributed by atoms with Crippen molar-refractivity contribution < 1.29 is 14.0 Å². The van der Waals surface area contributed by atoms with Gasteiger partial charge in [0.25, 0.3) is 17.4 Å². The number of aromatic nitrogens is 2. The molecule has 8 heteroatoms. The molecule has 2 N–H and O–H groups in total. The third-order valence-electron chi connectivity index (χ3n) is 4.68. The summed E-state index contributed by atoms with van der Waals surface area (Å²) in [6, 6.07) is 12.7. The lowest BCUT2D eigenvalue weighted by Crippen LogP contribution is -2.42. The van der Waals surface area contributed by atoms with Crippen LogP contribution in [0.5, 0.6) is 0 Å². The number of hydrogen-bond acceptors (Lipinski definition) is 4. The molecule has 0 saturated heterocycles. The SMILES string of the molecule is CCCCCn1nc(C(=O)NNC(=O)/C=C/c2ccccc2F)c2ccccc2c1=O. The Morgan fingerprint density at radius 3 is 2.48 bits per heavy atom. The Kier molecular flexibility index (Phi) is 7.26. The van der Waals surface area contributed by atoms with Gasteiger partial charge in [0, 0.05) is 23.6 Å². The first-order valence-corrected chi connectivity index (χ1v) is 10.0. The maximum atomic E-state index is 13.6. The molecule has 0 spiro atoms. The molecule has 160 valence electrons. The fourth-order valence-electron chi connectivity index (χ4n) is 3.06. The Labute approximate surface area is 178 Å². The van der Waals surface area contributed by atoms with Gasteiger partial charge in [-0.25, -0.2) is 9.07 Å². The Bertz CT molecular complexity index is 1190. The number of unbranched alkanes of at least 4 members (excludes halogenated alkanes) is 2. The van der Waals surface area contributed by atoms with Crippen LogP contribution in [0.2, 0.25) is 0 Å². The number of hydrazine groups is 1. The number of carbonyl (C=O) groups is 2. The Morgan fingerprint density at radius 1 is 1.03 bits per heavy atom. The van der Waals surface area contributed by atoms with Crippen LogP contribution in [0.3, 0.4) is 0 Å². The summed E-state index contributed by atoms with van der Waals surface area (Å²) >= 11 is 0. The minimum absolute atomic E-state index is 0.0325. The first-order valence-electron chi connectivity index (χ1n) is 10.0. The molecule has 0 fully saturated rings. The lowest BCUT2D eigenvalue weighted by Gasteiger charge is -2.11. The van der Waals surface area contributed by atoms with Gasteiger partial charge in [-0.2, -0.15) is 5.10 Å². The second-order valence-corrected chi connectivity index (χ2v) is 6.93. The first kappa shape index (κ1) is 21.9. The lowest BCUT2D eigenvalue weighted by molar-refractivity contribution is -0.117. The van der Waals surface area contributed by atoms with Crippen LogP contribution in [0.25, 0.3) is 16.8 Å². The number of nitrogens with zero attached hydrogens (tertiary/aromatic N) is 2. The van der Waals surface area contributed by atoms with Crippen molar-refractivity contribution in [2.75, 3.05) is 0 Å². The van der Waals surface area contributed by atoms with E-state index in [2.05, 4.69) is 22.9 Å². The van der Waals surface area contributed by atoms with E-state index in [9.17, 15) is 18.8 Å². The van der Waals surface area contributed by atoms with E-state index in [0.717, 1.165) is 25.3 Å². The summed E-state index contributed by atoms with van der Waals surface area (Å²) in [5.41, 5.74) is 4.56. The second kappa shape index (κ2) is 10.3. The molecule has 31 heavy (non-hydrogen) atoms. The molecular weight excluding hydrogens is 399 g/mol. The molecule has 1 aromatic heterocycles. The van der Waals surface area contributed by atoms with Crippen LogP contribution in [0, 0.1) is 5.82 Å². The molecule has 3 rings (SSSR count). The smallest absolute Gasteiger partial charge is 0.268 e. The highest BCUT2D eigenvalue weighted by atomic mass is 19.1. The van der Waals surface area contributed by atoms with E-state index < -0.39 is 17.6 Å². The van der Waals surface area contributed by atoms with Gasteiger partial charge in [-0.05, 0) is 24.6 Å². The van der Waals surface area contributed by atoms with Crippen LogP contribution < -0.4 is 16.4 Å². The quantitative estimate of drug-likeness (QED) is 0.347. The van der Waals surface area contributed by atoms with Crippen molar-refractivity contribution >= 4 is 28.7 Å². The van der Waals surface area contributed by atoms with Gasteiger partial charge in [-0.15, -0.1) is 0 Å². The van der Waals surface area contributed by atoms with Crippen LogP contribution in [-0.4, -0.2) is 21.6 Å². The molecule has 3 aromatic rings. The number of hydrogen-bond donors (Lipinski definition) is 2. The summed E-state index contributed by atoms with van der Waals surface area (Å²) in [6.45, 7) is 2.45. The zero-order valence-corrected chi connectivity index (χ0v) is 17.1. The summed E-state index contributed by atoms with van der Waals surface area (Å²) in [5, 5.41) is 5.00. The number of fused-ring (bicyclic) bond motifs is 1. The van der Waals surface area contributed by atoms with E-state index in [-0.39, 0.29) is 16.8 Å². The van der Waals surface area contributed by atoms with Crippen molar-refractivity contribution in [3.05, 3.63) is 82.0 Å². The highest BCUT2D eigenvalue weighted by Gasteiger charge is 2.16. The predicted octanol–water partition coefficient (Wildman–Crippen LogP) is 3.20. The largest absolute Gasteiger partial charge is 0.290 e. The molecule has 7 nitrogen and oxygen atoms in total. The fraction of sp³-hybridized carbons (Fsp3) is 0.217. The summed E-state index contributed by atoms with van der Waals surface area (Å²) in [6.07, 6.45) is 5.10. The van der Waals surface area contributed by atoms with Crippen molar-refractivity contribution in [3.63, 3.8) is 0 Å². The summed E-state index contributed by atoms with van der Waals surface area (Å²) in [4.78, 5) is 37.4. The number of halogens is 1. The minimum Gasteiger partial charge on any atom is -0.268 e. The second-order valence-electron chi connectivity index (χ2n) is 6.93. The van der Waals surface area contributed by atoms with E-state index >= 15 is 0 Å². The minimum atomic E-state index is -0.659. The van der Waals surface area contributed by atoms with Crippen LogP contribution in [0.1, 0.15) is 42.2 Å². The number of amides is 2. The van der Waals surface area contributed by atoms with Gasteiger partial charge in [-0.3, -0.25) is 25.2 Å². The molecule has 0 aliphatic heterocycles. The fourth-order valence-corrected chi connectivity index (χ4v) is 3.06. The lowest BCUT2D eigenvalue weighted by atomic mass is 10.1. The van der Waals surface area contributed by atoms with Crippen LogP contribution in [-0.2, 0) is 11.3 Å². The first-order chi connectivity index (χ1) is 15.0. The topological polar surface area (TPSA) is 93.1 Å². The molecule has 0 unspecified atom stereocenters. The summed E-state index contributed by atoms with van der Waals surface area (Å²) < 4.78 is 14.9. The Morgan fingerprint density at radius 2 is 1.74 bits per heavy atom. The highest BCUT2D eigenvalue weighted by molar-refractivity contribution is 6.05. The van der Waals surface area contributed by atoms with Crippen LogP contribution >= 0.6 is 0 Å². The van der Waals surface area contributed by atoms with Crippen molar-refractivity contribution in [2.45, 2.75) is 32.7 Å². The maximum Gasteiger partial charge on any atom is 0.290 e. The number of benzene rings is 2. The van der Waals surface area contributed by atoms with Crippen molar-refractivity contribution in [1.29, 1.82) is 0 Å². The summed E-state index contributed by atoms with van der Waals surface area (Å²) in [5.74, 6) is -1.76. The molecule has 0 atom stereocenters. The number of nitrogens with one attached hydrogen (secondary N) is 2. The molecule has 0 aliphatic rings. The Balaban J connectivity index is 1.77. The number of carbonyl (C=O) groups excluding carboxylic acids is 2. The molecule has 2 aromatic carbocycles. The van der Waals surface area contributed by atoms with E-state index in [1.54, 1.807) is 36.4 Å². The molecule has 1 heterocycles. The van der Waals surface area contributed by atoms with Gasteiger partial charge >= 0.3 is 0 Å². The monoisotopic (exact) mass is 422 g/mol. The molecule has 0 aliphatic carbocycles. The number of aryl methyl sites for hydroxylation is 1. The van der Waals surface area contributed by atoms with E-state index in [1.165, 1.54) is 22.9 Å². The van der Waals surface area contributed by atoms with E-state index in [0.29, 0.717) is 17.3 Å². The average Bonchev–Trinajstić information content (AvgIpc) is 2.78. The zero-order chi connectivity index (χ0) is 22.2. The zero-order valence-electron chi connectivity index (χ0n) is 17.1. The van der Waals surface area contributed by atoms with Gasteiger partial charge in [0.05, 0.1) is 5.39 Å². The van der Waals surface area contributed by atoms with Gasteiger partial charge < -0.3 is 0 Å². The van der Waals surface area contributed by atoms with Crippen LogP contribution in [0.4, 0.5) is 4.39 Å². The molecular formula is C23H23FN4O3. The number of rotatable bonds is 7. The molecule has 0 radical (unpaired) electrons. The third-order valence-corrected chi connectivity index (χ3v) is 4.68. The average molecular weight is 422 g/mol. The van der Waals surface area contributed by atoms with Gasteiger partial charge in [0.15, 0.2) is 5.69 Å².